The van der Waals surface area contributed by atoms with E-state index in [1.54, 1.807) is 0 Å². The second-order valence-corrected chi connectivity index (χ2v) is 2.59. The standard InChI is InChI=1S/C8H5N3O3/c12-7-4-1-2-9-6(8(13)14)5(4)10-3-11-7/h1-3H,(H,13,14)(H,10,11,12). The zero-order chi connectivity index (χ0) is 10.1. The molecule has 2 N–H and O–H groups in total. The lowest BCUT2D eigenvalue weighted by Crippen LogP contribution is -2.10. The largest absolute Gasteiger partial charge is 0.476 e. The molecule has 0 aliphatic carbocycles. The fraction of sp³-hybridized carbons (Fsp3) is 0. The van der Waals surface area contributed by atoms with Gasteiger partial charge in [-0.3, -0.25) is 4.79 Å². The van der Waals surface area contributed by atoms with Crippen LogP contribution in [0.4, 0.5) is 0 Å². The predicted octanol–water partition coefficient (Wildman–Crippen LogP) is 0.0163. The van der Waals surface area contributed by atoms with Crippen molar-refractivity contribution in [1.82, 2.24) is 15.0 Å². The van der Waals surface area contributed by atoms with Gasteiger partial charge >= 0.3 is 5.97 Å². The number of nitrogens with one attached hydrogen (secondary N) is 1. The number of hydrogen-bond donors (Lipinski definition) is 2. The Bertz CT molecular complexity index is 561. The Balaban J connectivity index is 2.95. The lowest BCUT2D eigenvalue weighted by atomic mass is 10.2. The number of rotatable bonds is 1. The third-order valence-electron chi connectivity index (χ3n) is 1.76. The lowest BCUT2D eigenvalue weighted by molar-refractivity contribution is 0.0692. The highest BCUT2D eigenvalue weighted by atomic mass is 16.4. The minimum absolute atomic E-state index is 0.101. The Kier molecular flexibility index (Phi) is 1.74. The minimum atomic E-state index is -1.20. The topological polar surface area (TPSA) is 95.9 Å². The Labute approximate surface area is 77.3 Å². The zero-order valence-electron chi connectivity index (χ0n) is 6.89. The van der Waals surface area contributed by atoms with Crippen molar-refractivity contribution < 1.29 is 9.90 Å². The first-order valence-electron chi connectivity index (χ1n) is 3.76. The van der Waals surface area contributed by atoms with Gasteiger partial charge in [0.1, 0.15) is 5.52 Å². The van der Waals surface area contributed by atoms with Gasteiger partial charge in [0.15, 0.2) is 5.69 Å². The zero-order valence-corrected chi connectivity index (χ0v) is 6.89. The van der Waals surface area contributed by atoms with Crippen LogP contribution in [0, 0.1) is 0 Å². The summed E-state index contributed by atoms with van der Waals surface area (Å²) in [6.45, 7) is 0. The highest BCUT2D eigenvalue weighted by Crippen LogP contribution is 2.08. The molecule has 0 saturated carbocycles. The van der Waals surface area contributed by atoms with E-state index in [2.05, 4.69) is 15.0 Å². The van der Waals surface area contributed by atoms with Crippen molar-refractivity contribution in [3.8, 4) is 0 Å². The third-order valence-corrected chi connectivity index (χ3v) is 1.76. The number of carboxylic acids is 1. The average Bonchev–Trinajstić information content (AvgIpc) is 2.17. The molecule has 6 heteroatoms. The van der Waals surface area contributed by atoms with Crippen LogP contribution in [-0.4, -0.2) is 26.0 Å². The van der Waals surface area contributed by atoms with Gasteiger partial charge in [-0.1, -0.05) is 0 Å². The molecule has 14 heavy (non-hydrogen) atoms. The van der Waals surface area contributed by atoms with Gasteiger partial charge in [0.05, 0.1) is 11.7 Å². The van der Waals surface area contributed by atoms with Gasteiger partial charge in [-0.25, -0.2) is 14.8 Å². The van der Waals surface area contributed by atoms with E-state index in [1.807, 2.05) is 0 Å². The smallest absolute Gasteiger partial charge is 0.356 e. The fourth-order valence-corrected chi connectivity index (χ4v) is 1.16. The Morgan fingerprint density at radius 3 is 2.93 bits per heavy atom. The van der Waals surface area contributed by atoms with E-state index < -0.39 is 5.97 Å². The summed E-state index contributed by atoms with van der Waals surface area (Å²) in [4.78, 5) is 31.7. The fourth-order valence-electron chi connectivity index (χ4n) is 1.16. The van der Waals surface area contributed by atoms with E-state index in [0.717, 1.165) is 6.33 Å². The third kappa shape index (κ3) is 1.13. The number of H-pyrrole nitrogens is 1. The molecule has 0 saturated heterocycles. The van der Waals surface area contributed by atoms with Crippen molar-refractivity contribution in [3.05, 3.63) is 34.6 Å². The maximum Gasteiger partial charge on any atom is 0.356 e. The molecule has 0 fully saturated rings. The number of aromatic nitrogens is 3. The first-order valence-corrected chi connectivity index (χ1v) is 3.76. The molecule has 2 aromatic heterocycles. The van der Waals surface area contributed by atoms with E-state index in [9.17, 15) is 9.59 Å². The van der Waals surface area contributed by atoms with Gasteiger partial charge in [0.25, 0.3) is 5.56 Å². The van der Waals surface area contributed by atoms with Crippen molar-refractivity contribution in [2.75, 3.05) is 0 Å². The summed E-state index contributed by atoms with van der Waals surface area (Å²) < 4.78 is 0. The average molecular weight is 191 g/mol. The van der Waals surface area contributed by atoms with Crippen molar-refractivity contribution in [3.63, 3.8) is 0 Å². The van der Waals surface area contributed by atoms with E-state index >= 15 is 0 Å². The van der Waals surface area contributed by atoms with E-state index in [0.29, 0.717) is 0 Å². The van der Waals surface area contributed by atoms with Gasteiger partial charge in [-0.05, 0) is 6.07 Å². The molecule has 6 nitrogen and oxygen atoms in total. The molecule has 2 rings (SSSR count). The molecule has 0 aliphatic heterocycles. The van der Waals surface area contributed by atoms with Crippen LogP contribution in [-0.2, 0) is 0 Å². The Morgan fingerprint density at radius 1 is 1.43 bits per heavy atom. The highest BCUT2D eigenvalue weighted by Gasteiger charge is 2.11. The normalized spacial score (nSPS) is 10.3. The Morgan fingerprint density at radius 2 is 2.21 bits per heavy atom. The molecule has 0 bridgehead atoms. The number of carbonyl (C=O) groups is 1. The van der Waals surface area contributed by atoms with Crippen molar-refractivity contribution in [2.45, 2.75) is 0 Å². The predicted molar refractivity (Wildman–Crippen MR) is 47.1 cm³/mol. The van der Waals surface area contributed by atoms with Gasteiger partial charge in [0.2, 0.25) is 0 Å². The van der Waals surface area contributed by atoms with Crippen LogP contribution in [0.15, 0.2) is 23.4 Å². The second-order valence-electron chi connectivity index (χ2n) is 2.59. The maximum absolute atomic E-state index is 11.2. The van der Waals surface area contributed by atoms with Gasteiger partial charge in [-0.15, -0.1) is 0 Å². The maximum atomic E-state index is 11.2. The number of carboxylic acid groups (broad SMARTS) is 1. The van der Waals surface area contributed by atoms with Crippen molar-refractivity contribution in [2.24, 2.45) is 0 Å². The van der Waals surface area contributed by atoms with Crippen molar-refractivity contribution >= 4 is 16.9 Å². The number of pyridine rings is 1. The summed E-state index contributed by atoms with van der Waals surface area (Å²) in [6, 6.07) is 1.42. The van der Waals surface area contributed by atoms with Crippen LogP contribution in [0.5, 0.6) is 0 Å². The molecule has 2 aromatic rings. The molecule has 0 spiro atoms. The molecule has 0 radical (unpaired) electrons. The van der Waals surface area contributed by atoms with Gasteiger partial charge in [-0.2, -0.15) is 0 Å². The monoisotopic (exact) mass is 191 g/mol. The molecule has 0 atom stereocenters. The molecule has 0 aliphatic rings. The Hall–Kier alpha value is -2.24. The molecule has 0 unspecified atom stereocenters. The first-order chi connectivity index (χ1) is 6.70. The minimum Gasteiger partial charge on any atom is -0.476 e. The summed E-state index contributed by atoms with van der Waals surface area (Å²) >= 11 is 0. The molecular formula is C8H5N3O3. The highest BCUT2D eigenvalue weighted by molar-refractivity contribution is 5.99. The summed E-state index contributed by atoms with van der Waals surface area (Å²) in [5.41, 5.74) is -0.489. The van der Waals surface area contributed by atoms with Crippen LogP contribution in [0.25, 0.3) is 10.9 Å². The second kappa shape index (κ2) is 2.91. The number of aromatic carboxylic acids is 1. The van der Waals surface area contributed by atoms with Gasteiger partial charge in [0, 0.05) is 6.20 Å². The summed E-state index contributed by atoms with van der Waals surface area (Å²) in [6.07, 6.45) is 2.42. The van der Waals surface area contributed by atoms with E-state index in [-0.39, 0.29) is 22.2 Å². The quantitative estimate of drug-likeness (QED) is 0.662. The summed E-state index contributed by atoms with van der Waals surface area (Å²) in [7, 11) is 0. The molecule has 2 heterocycles. The van der Waals surface area contributed by atoms with Crippen LogP contribution in [0.3, 0.4) is 0 Å². The first kappa shape index (κ1) is 8.36. The van der Waals surface area contributed by atoms with Crippen LogP contribution < -0.4 is 5.56 Å². The van der Waals surface area contributed by atoms with Gasteiger partial charge < -0.3 is 10.1 Å². The van der Waals surface area contributed by atoms with Crippen LogP contribution in [0.2, 0.25) is 0 Å². The molecule has 0 amide bonds. The lowest BCUT2D eigenvalue weighted by Gasteiger charge is -1.97. The molecule has 0 aromatic carbocycles. The van der Waals surface area contributed by atoms with Crippen LogP contribution in [0.1, 0.15) is 10.5 Å². The number of aromatic amines is 1. The molecular weight excluding hydrogens is 186 g/mol. The van der Waals surface area contributed by atoms with Crippen LogP contribution >= 0.6 is 0 Å². The van der Waals surface area contributed by atoms with E-state index in [4.69, 9.17) is 5.11 Å². The summed E-state index contributed by atoms with van der Waals surface area (Å²) in [5, 5.41) is 8.98. The van der Waals surface area contributed by atoms with Crippen molar-refractivity contribution in [1.29, 1.82) is 0 Å². The van der Waals surface area contributed by atoms with E-state index in [1.165, 1.54) is 12.3 Å². The SMILES string of the molecule is O=C(O)c1nccc2c(=O)[nH]cnc12. The number of fused-ring (bicyclic) bond motifs is 1. The summed E-state index contributed by atoms with van der Waals surface area (Å²) in [5.74, 6) is -1.20. The molecule has 70 valence electrons. The number of hydrogen-bond acceptors (Lipinski definition) is 4. The number of nitrogens with zero attached hydrogens (tertiary/aromatic N) is 2.